The fourth-order valence-corrected chi connectivity index (χ4v) is 7.76. The molecule has 1 aliphatic carbocycles. The summed E-state index contributed by atoms with van der Waals surface area (Å²) in [6.07, 6.45) is 6.10. The Morgan fingerprint density at radius 2 is 1.90 bits per heavy atom. The molecule has 0 aromatic carbocycles. The summed E-state index contributed by atoms with van der Waals surface area (Å²) in [4.78, 5) is 0. The van der Waals surface area contributed by atoms with E-state index in [4.69, 9.17) is 0 Å². The number of sulfonamides is 1. The first-order chi connectivity index (χ1) is 9.73. The predicted octanol–water partition coefficient (Wildman–Crippen LogP) is 2.69. The van der Waals surface area contributed by atoms with Gasteiger partial charge < -0.3 is 0 Å². The van der Waals surface area contributed by atoms with Gasteiger partial charge in [-0.1, -0.05) is 31.8 Å². The highest BCUT2D eigenvalue weighted by Crippen LogP contribution is 2.37. The fourth-order valence-electron chi connectivity index (χ4n) is 3.21. The highest BCUT2D eigenvalue weighted by atomic mass is 32.2. The summed E-state index contributed by atoms with van der Waals surface area (Å²) in [5.74, 6) is 0.738. The summed E-state index contributed by atoms with van der Waals surface area (Å²) in [7, 11) is -4.59. The lowest BCUT2D eigenvalue weighted by molar-refractivity contribution is 0.140. The Morgan fingerprint density at radius 1 is 1.24 bits per heavy atom. The van der Waals surface area contributed by atoms with Gasteiger partial charge in [-0.15, -0.1) is 0 Å². The molecule has 1 saturated heterocycles. The number of fused-ring (bicyclic) bond motifs is 1. The molecule has 0 saturated carbocycles. The lowest BCUT2D eigenvalue weighted by atomic mass is 9.73. The Kier molecular flexibility index (Phi) is 4.96. The number of nitrogens with zero attached hydrogens (tertiary/aromatic N) is 2. The smallest absolute Gasteiger partial charge is 0.212 e. The van der Waals surface area contributed by atoms with Crippen LogP contribution in [0.25, 0.3) is 0 Å². The first-order valence-electron chi connectivity index (χ1n) is 7.75. The van der Waals surface area contributed by atoms with E-state index in [1.807, 2.05) is 0 Å². The molecule has 2 aliphatic rings. The zero-order valence-corrected chi connectivity index (χ0v) is 15.1. The van der Waals surface area contributed by atoms with Crippen molar-refractivity contribution >= 4 is 18.1 Å². The molecule has 0 spiro atoms. The molecule has 1 fully saturated rings. The molecule has 0 amide bonds. The second-order valence-corrected chi connectivity index (χ2v) is 15.3. The van der Waals surface area contributed by atoms with E-state index in [0.717, 1.165) is 18.9 Å². The van der Waals surface area contributed by atoms with Gasteiger partial charge in [-0.25, -0.2) is 12.7 Å². The summed E-state index contributed by atoms with van der Waals surface area (Å²) < 4.78 is 26.8. The van der Waals surface area contributed by atoms with Gasteiger partial charge in [0.1, 0.15) is 0 Å². The number of hydrogen-bond acceptors (Lipinski definition) is 3. The third kappa shape index (κ3) is 4.18. The van der Waals surface area contributed by atoms with Crippen molar-refractivity contribution in [2.75, 3.05) is 18.8 Å². The number of hydrogen-bond donors (Lipinski definition) is 0. The topological polar surface area (TPSA) is 61.2 Å². The van der Waals surface area contributed by atoms with Gasteiger partial charge in [0.05, 0.1) is 17.7 Å². The van der Waals surface area contributed by atoms with E-state index in [9.17, 15) is 13.7 Å². The maximum atomic E-state index is 12.6. The normalized spacial score (nSPS) is 30.7. The third-order valence-electron chi connectivity index (χ3n) is 4.64. The van der Waals surface area contributed by atoms with Gasteiger partial charge in [0.2, 0.25) is 10.0 Å². The van der Waals surface area contributed by atoms with Crippen molar-refractivity contribution in [3.8, 4) is 6.07 Å². The molecule has 1 unspecified atom stereocenters. The van der Waals surface area contributed by atoms with E-state index in [1.54, 1.807) is 4.31 Å². The van der Waals surface area contributed by atoms with E-state index in [-0.39, 0.29) is 11.7 Å². The van der Waals surface area contributed by atoms with Crippen LogP contribution in [0.3, 0.4) is 0 Å². The van der Waals surface area contributed by atoms with Crippen LogP contribution in [0, 0.1) is 29.1 Å². The van der Waals surface area contributed by atoms with Crippen molar-refractivity contribution in [3.63, 3.8) is 0 Å². The molecule has 0 bridgehead atoms. The second kappa shape index (κ2) is 6.23. The van der Waals surface area contributed by atoms with Gasteiger partial charge in [-0.2, -0.15) is 5.26 Å². The summed E-state index contributed by atoms with van der Waals surface area (Å²) >= 11 is 0. The summed E-state index contributed by atoms with van der Waals surface area (Å²) in [6.45, 7) is 7.57. The number of piperidine rings is 1. The van der Waals surface area contributed by atoms with Crippen LogP contribution in [0.5, 0.6) is 0 Å². The molecule has 0 N–H and O–H groups in total. The zero-order chi connectivity index (χ0) is 15.7. The Morgan fingerprint density at radius 3 is 2.52 bits per heavy atom. The monoisotopic (exact) mass is 326 g/mol. The quantitative estimate of drug-likeness (QED) is 0.589. The van der Waals surface area contributed by atoms with Crippen LogP contribution in [-0.2, 0) is 10.0 Å². The lowest BCUT2D eigenvalue weighted by Crippen LogP contribution is -2.49. The van der Waals surface area contributed by atoms with Crippen LogP contribution in [0.4, 0.5) is 0 Å². The van der Waals surface area contributed by atoms with Crippen LogP contribution in [-0.4, -0.2) is 39.6 Å². The van der Waals surface area contributed by atoms with Crippen molar-refractivity contribution in [2.24, 2.45) is 17.8 Å². The summed E-state index contributed by atoms with van der Waals surface area (Å²) in [5.41, 5.74) is 0. The highest BCUT2D eigenvalue weighted by molar-refractivity contribution is 7.89. The molecule has 118 valence electrons. The maximum absolute atomic E-state index is 12.6. The van der Waals surface area contributed by atoms with E-state index in [1.165, 1.54) is 0 Å². The van der Waals surface area contributed by atoms with Gasteiger partial charge in [0.25, 0.3) is 0 Å². The summed E-state index contributed by atoms with van der Waals surface area (Å²) in [6, 6.07) is 3.13. The molecule has 6 heteroatoms. The first-order valence-corrected chi connectivity index (χ1v) is 13.1. The van der Waals surface area contributed by atoms with E-state index >= 15 is 0 Å². The molecule has 3 atom stereocenters. The Balaban J connectivity index is 2.10. The largest absolute Gasteiger partial charge is 0.213 e. The molecule has 21 heavy (non-hydrogen) atoms. The minimum atomic E-state index is -3.22. The van der Waals surface area contributed by atoms with E-state index < -0.39 is 18.1 Å². The van der Waals surface area contributed by atoms with Crippen molar-refractivity contribution in [3.05, 3.63) is 12.2 Å². The minimum absolute atomic E-state index is 0.157. The van der Waals surface area contributed by atoms with Gasteiger partial charge in [0.15, 0.2) is 0 Å². The van der Waals surface area contributed by atoms with Gasteiger partial charge in [-0.05, 0) is 30.7 Å². The number of allylic oxidation sites excluding steroid dienone is 2. The van der Waals surface area contributed by atoms with Crippen molar-refractivity contribution in [2.45, 2.75) is 38.5 Å². The molecule has 1 aliphatic heterocycles. The van der Waals surface area contributed by atoms with Crippen molar-refractivity contribution < 1.29 is 8.42 Å². The van der Waals surface area contributed by atoms with Gasteiger partial charge in [0, 0.05) is 21.2 Å². The number of nitriles is 1. The molecule has 0 aromatic heterocycles. The van der Waals surface area contributed by atoms with Crippen molar-refractivity contribution in [1.82, 2.24) is 4.31 Å². The van der Waals surface area contributed by atoms with Crippen LogP contribution in [0.1, 0.15) is 12.8 Å². The van der Waals surface area contributed by atoms with Crippen LogP contribution in [0.15, 0.2) is 12.2 Å². The lowest BCUT2D eigenvalue weighted by Gasteiger charge is -2.41. The van der Waals surface area contributed by atoms with Gasteiger partial charge >= 0.3 is 0 Å². The summed E-state index contributed by atoms with van der Waals surface area (Å²) in [5, 5.41) is 9.38. The number of rotatable bonds is 4. The Bertz CT molecular complexity index is 545. The van der Waals surface area contributed by atoms with Crippen LogP contribution >= 0.6 is 0 Å². The van der Waals surface area contributed by atoms with Gasteiger partial charge in [-0.3, -0.25) is 0 Å². The minimum Gasteiger partial charge on any atom is -0.212 e. The SMILES string of the molecule is C[Si](C)(C)CCS(=O)(=O)N1CC(C#N)[C@@H]2CC=CC[C@@H]2C1. The Labute approximate surface area is 129 Å². The third-order valence-corrected chi connectivity index (χ3v) is 8.56. The second-order valence-electron chi connectivity index (χ2n) is 7.55. The highest BCUT2D eigenvalue weighted by Gasteiger charge is 2.41. The standard InChI is InChI=1S/C15H26N2O2SSi/c1-21(2,3)9-8-20(18,19)17-11-13-6-4-5-7-15(13)14(10-16)12-17/h4-5,13-15H,6-9,11-12H2,1-3H3/t13-,14?,15-/m1/s1. The first kappa shape index (κ1) is 16.7. The van der Waals surface area contributed by atoms with E-state index in [2.05, 4.69) is 37.9 Å². The molecule has 4 nitrogen and oxygen atoms in total. The molecule has 0 radical (unpaired) electrons. The molecular formula is C15H26N2O2SSi. The average Bonchev–Trinajstić information content (AvgIpc) is 2.43. The van der Waals surface area contributed by atoms with Crippen molar-refractivity contribution in [1.29, 1.82) is 5.26 Å². The maximum Gasteiger partial charge on any atom is 0.213 e. The molecular weight excluding hydrogens is 300 g/mol. The zero-order valence-electron chi connectivity index (χ0n) is 13.2. The Hall–Kier alpha value is -0.643. The molecule has 0 aromatic rings. The predicted molar refractivity (Wildman–Crippen MR) is 88.0 cm³/mol. The van der Waals surface area contributed by atoms with Crippen LogP contribution < -0.4 is 0 Å². The van der Waals surface area contributed by atoms with E-state index in [0.29, 0.717) is 24.9 Å². The molecule has 2 rings (SSSR count). The van der Waals surface area contributed by atoms with Crippen LogP contribution in [0.2, 0.25) is 25.7 Å². The molecule has 1 heterocycles. The average molecular weight is 327 g/mol. The fraction of sp³-hybridized carbons (Fsp3) is 0.800.